The van der Waals surface area contributed by atoms with Crippen molar-refractivity contribution in [3.05, 3.63) is 37.6 Å². The Kier molecular flexibility index (Phi) is 2.49. The second kappa shape index (κ2) is 3.45. The van der Waals surface area contributed by atoms with Crippen LogP contribution < -0.4 is 0 Å². The molecule has 0 aliphatic heterocycles. The Morgan fingerprint density at radius 1 is 1.00 bits per heavy atom. The molecule has 0 fully saturated rings. The summed E-state index contributed by atoms with van der Waals surface area (Å²) in [7, 11) is 0. The summed E-state index contributed by atoms with van der Waals surface area (Å²) in [6, 6.07) is 10.3. The maximum Gasteiger partial charge on any atom is 0.102 e. The number of nitrogens with zero attached hydrogens (tertiary/aromatic N) is 1. The Labute approximate surface area is 97.9 Å². The van der Waals surface area contributed by atoms with Gasteiger partial charge in [-0.15, -0.1) is 0 Å². The lowest BCUT2D eigenvalue weighted by Gasteiger charge is -1.98. The molecule has 0 saturated carbocycles. The first-order valence-electron chi connectivity index (χ1n) is 3.48. The van der Waals surface area contributed by atoms with Crippen LogP contribution in [0.25, 0.3) is 10.9 Å². The van der Waals surface area contributed by atoms with E-state index in [1.165, 1.54) is 8.96 Å². The van der Waals surface area contributed by atoms with Gasteiger partial charge in [-0.2, -0.15) is 0 Å². The number of para-hydroxylation sites is 1. The van der Waals surface area contributed by atoms with Crippen molar-refractivity contribution in [3.63, 3.8) is 0 Å². The summed E-state index contributed by atoms with van der Waals surface area (Å²) in [5.41, 5.74) is 1.10. The molecule has 0 spiro atoms. The lowest BCUT2D eigenvalue weighted by Crippen LogP contribution is -1.84. The van der Waals surface area contributed by atoms with Gasteiger partial charge in [0.2, 0.25) is 0 Å². The maximum absolute atomic E-state index is 4.45. The van der Waals surface area contributed by atoms with E-state index in [4.69, 9.17) is 0 Å². The molecule has 2 aromatic rings. The van der Waals surface area contributed by atoms with Gasteiger partial charge in [-0.25, -0.2) is 4.98 Å². The van der Waals surface area contributed by atoms with Gasteiger partial charge in [0.1, 0.15) is 3.70 Å². The number of benzene rings is 1. The molecule has 0 unspecified atom stereocenters. The summed E-state index contributed by atoms with van der Waals surface area (Å²) in [4.78, 5) is 4.45. The normalized spacial score (nSPS) is 10.5. The predicted molar refractivity (Wildman–Crippen MR) is 67.2 cm³/mol. The third kappa shape index (κ3) is 1.56. The minimum atomic E-state index is 1.05. The van der Waals surface area contributed by atoms with Crippen LogP contribution >= 0.6 is 45.2 Å². The molecule has 12 heavy (non-hydrogen) atoms. The molecule has 3 heteroatoms. The molecule has 1 nitrogen and oxygen atoms in total. The molecule has 0 amide bonds. The zero-order valence-corrected chi connectivity index (χ0v) is 10.4. The summed E-state index contributed by atoms with van der Waals surface area (Å²) in [6.45, 7) is 0. The van der Waals surface area contributed by atoms with Gasteiger partial charge in [-0.1, -0.05) is 18.2 Å². The smallest absolute Gasteiger partial charge is 0.102 e. The predicted octanol–water partition coefficient (Wildman–Crippen LogP) is 3.44. The highest BCUT2D eigenvalue weighted by Crippen LogP contribution is 2.19. The lowest BCUT2D eigenvalue weighted by atomic mass is 10.2. The van der Waals surface area contributed by atoms with Crippen molar-refractivity contribution in [2.75, 3.05) is 0 Å². The molecule has 0 aliphatic rings. The second-order valence-electron chi connectivity index (χ2n) is 2.45. The van der Waals surface area contributed by atoms with E-state index in [9.17, 15) is 0 Å². The van der Waals surface area contributed by atoms with Crippen LogP contribution in [0, 0.1) is 7.27 Å². The molecule has 1 heterocycles. The summed E-state index contributed by atoms with van der Waals surface area (Å²) >= 11 is 4.54. The first-order chi connectivity index (χ1) is 5.77. The number of aromatic nitrogens is 1. The molecule has 0 radical (unpaired) electrons. The van der Waals surface area contributed by atoms with Crippen molar-refractivity contribution in [2.24, 2.45) is 0 Å². The Balaban J connectivity index is 2.88. The highest BCUT2D eigenvalue weighted by Gasteiger charge is 1.98. The van der Waals surface area contributed by atoms with E-state index >= 15 is 0 Å². The van der Waals surface area contributed by atoms with Crippen molar-refractivity contribution in [3.8, 4) is 0 Å². The van der Waals surface area contributed by atoms with Crippen molar-refractivity contribution in [2.45, 2.75) is 0 Å². The van der Waals surface area contributed by atoms with Crippen molar-refractivity contribution >= 4 is 56.1 Å². The monoisotopic (exact) mass is 381 g/mol. The van der Waals surface area contributed by atoms with E-state index in [2.05, 4.69) is 74.4 Å². The number of pyridine rings is 1. The highest BCUT2D eigenvalue weighted by atomic mass is 127. The second-order valence-corrected chi connectivity index (χ2v) is 4.71. The SMILES string of the molecule is Ic1ccc2cccc(I)c2n1. The van der Waals surface area contributed by atoms with Crippen LogP contribution in [-0.4, -0.2) is 4.98 Å². The van der Waals surface area contributed by atoms with E-state index in [1.54, 1.807) is 0 Å². The van der Waals surface area contributed by atoms with Gasteiger partial charge >= 0.3 is 0 Å². The van der Waals surface area contributed by atoms with Crippen LogP contribution in [0.2, 0.25) is 0 Å². The fraction of sp³-hybridized carbons (Fsp3) is 0. The molecule has 1 aromatic carbocycles. The molecule has 1 aromatic heterocycles. The third-order valence-corrected chi connectivity index (χ3v) is 3.11. The van der Waals surface area contributed by atoms with Gasteiger partial charge in [0.15, 0.2) is 0 Å². The number of halogens is 2. The topological polar surface area (TPSA) is 12.9 Å². The molecular weight excluding hydrogens is 376 g/mol. The van der Waals surface area contributed by atoms with E-state index in [-0.39, 0.29) is 0 Å². The lowest BCUT2D eigenvalue weighted by molar-refractivity contribution is 1.34. The van der Waals surface area contributed by atoms with Gasteiger partial charge in [0.25, 0.3) is 0 Å². The van der Waals surface area contributed by atoms with E-state index in [0.29, 0.717) is 0 Å². The van der Waals surface area contributed by atoms with E-state index in [1.807, 2.05) is 6.07 Å². The fourth-order valence-corrected chi connectivity index (χ4v) is 2.15. The van der Waals surface area contributed by atoms with Crippen molar-refractivity contribution < 1.29 is 0 Å². The van der Waals surface area contributed by atoms with Gasteiger partial charge in [0.05, 0.1) is 5.52 Å². The van der Waals surface area contributed by atoms with Crippen LogP contribution in [0.1, 0.15) is 0 Å². The summed E-state index contributed by atoms with van der Waals surface area (Å²) < 4.78 is 2.26. The molecule has 0 bridgehead atoms. The maximum atomic E-state index is 4.45. The number of hydrogen-bond acceptors (Lipinski definition) is 1. The molecular formula is C9H5I2N. The van der Waals surface area contributed by atoms with Gasteiger partial charge in [-0.05, 0) is 57.3 Å². The average molecular weight is 381 g/mol. The quantitative estimate of drug-likeness (QED) is 0.504. The van der Waals surface area contributed by atoms with Crippen LogP contribution in [0.3, 0.4) is 0 Å². The molecule has 0 aliphatic carbocycles. The molecule has 0 saturated heterocycles. The van der Waals surface area contributed by atoms with Gasteiger partial charge < -0.3 is 0 Å². The zero-order valence-electron chi connectivity index (χ0n) is 6.09. The summed E-state index contributed by atoms with van der Waals surface area (Å²) in [6.07, 6.45) is 0. The third-order valence-electron chi connectivity index (χ3n) is 1.64. The van der Waals surface area contributed by atoms with Gasteiger partial charge in [0, 0.05) is 8.96 Å². The fourth-order valence-electron chi connectivity index (χ4n) is 1.09. The van der Waals surface area contributed by atoms with Gasteiger partial charge in [-0.3, -0.25) is 0 Å². The van der Waals surface area contributed by atoms with Crippen LogP contribution in [0.15, 0.2) is 30.3 Å². The first kappa shape index (κ1) is 8.68. The summed E-state index contributed by atoms with van der Waals surface area (Å²) in [5.74, 6) is 0. The van der Waals surface area contributed by atoms with Crippen LogP contribution in [0.5, 0.6) is 0 Å². The van der Waals surface area contributed by atoms with Crippen LogP contribution in [0.4, 0.5) is 0 Å². The van der Waals surface area contributed by atoms with E-state index < -0.39 is 0 Å². The molecule has 2 rings (SSSR count). The zero-order chi connectivity index (χ0) is 8.55. The molecule has 0 N–H and O–H groups in total. The highest BCUT2D eigenvalue weighted by molar-refractivity contribution is 14.1. The molecule has 60 valence electrons. The Morgan fingerprint density at radius 3 is 2.67 bits per heavy atom. The molecule has 0 atom stereocenters. The summed E-state index contributed by atoms with van der Waals surface area (Å²) in [5, 5.41) is 1.21. The minimum Gasteiger partial charge on any atom is -0.241 e. The Bertz CT molecular complexity index is 426. The minimum absolute atomic E-state index is 1.05. The average Bonchev–Trinajstić information content (AvgIpc) is 2.07. The first-order valence-corrected chi connectivity index (χ1v) is 5.64. The number of fused-ring (bicyclic) bond motifs is 1. The van der Waals surface area contributed by atoms with Crippen molar-refractivity contribution in [1.29, 1.82) is 0 Å². The number of rotatable bonds is 0. The van der Waals surface area contributed by atoms with Crippen molar-refractivity contribution in [1.82, 2.24) is 4.98 Å². The largest absolute Gasteiger partial charge is 0.241 e. The standard InChI is InChI=1S/C9H5I2N/c10-7-3-1-2-6-4-5-8(11)12-9(6)7/h1-5H. The van der Waals surface area contributed by atoms with Crippen LogP contribution in [-0.2, 0) is 0 Å². The van der Waals surface area contributed by atoms with E-state index in [0.717, 1.165) is 9.22 Å². The number of hydrogen-bond donors (Lipinski definition) is 0. The Morgan fingerprint density at radius 2 is 1.83 bits per heavy atom. The Hall–Kier alpha value is 0.0900.